The lowest BCUT2D eigenvalue weighted by Crippen LogP contribution is -2.49. The van der Waals surface area contributed by atoms with Gasteiger partial charge in [0.05, 0.1) is 5.50 Å². The standard InChI is InChI=1S/C20H23BN4O2/c1-14-3-5-16(6-4-14)27-20(21)8-11-24(12-9-20)19-15(2)13-17-22-10-7-18(26)25(17)23-19/h3-7,10,13H,8-9,11-12,21H2,1-2H3. The molecule has 3 heterocycles. The molecule has 0 N–H and O–H groups in total. The molecule has 3 aromatic rings. The van der Waals surface area contributed by atoms with E-state index in [4.69, 9.17) is 4.74 Å². The maximum atomic E-state index is 12.1. The van der Waals surface area contributed by atoms with Crippen LogP contribution in [0.2, 0.25) is 0 Å². The van der Waals surface area contributed by atoms with Crippen molar-refractivity contribution in [2.75, 3.05) is 18.0 Å². The van der Waals surface area contributed by atoms with Crippen molar-refractivity contribution < 1.29 is 4.74 Å². The van der Waals surface area contributed by atoms with E-state index in [2.05, 4.69) is 41.9 Å². The Morgan fingerprint density at radius 2 is 1.81 bits per heavy atom. The van der Waals surface area contributed by atoms with E-state index in [1.54, 1.807) is 0 Å². The molecule has 0 amide bonds. The van der Waals surface area contributed by atoms with Gasteiger partial charge in [-0.1, -0.05) is 17.7 Å². The van der Waals surface area contributed by atoms with Crippen LogP contribution in [0.5, 0.6) is 5.75 Å². The van der Waals surface area contributed by atoms with Gasteiger partial charge in [0, 0.05) is 25.4 Å². The van der Waals surface area contributed by atoms with Crippen LogP contribution in [0.1, 0.15) is 24.0 Å². The largest absolute Gasteiger partial charge is 0.497 e. The Morgan fingerprint density at radius 1 is 1.11 bits per heavy atom. The first-order chi connectivity index (χ1) is 12.9. The highest BCUT2D eigenvalue weighted by Gasteiger charge is 2.33. The number of anilines is 1. The summed E-state index contributed by atoms with van der Waals surface area (Å²) in [6, 6.07) is 11.6. The summed E-state index contributed by atoms with van der Waals surface area (Å²) in [6.45, 7) is 5.75. The summed E-state index contributed by atoms with van der Waals surface area (Å²) in [5.41, 5.74) is 2.47. The summed E-state index contributed by atoms with van der Waals surface area (Å²) < 4.78 is 7.66. The minimum atomic E-state index is -0.199. The molecule has 1 fully saturated rings. The van der Waals surface area contributed by atoms with E-state index in [1.807, 2.05) is 25.1 Å². The fourth-order valence-electron chi connectivity index (χ4n) is 3.54. The van der Waals surface area contributed by atoms with E-state index in [-0.39, 0.29) is 11.1 Å². The molecule has 0 saturated carbocycles. The van der Waals surface area contributed by atoms with Gasteiger partial charge < -0.3 is 9.64 Å². The maximum absolute atomic E-state index is 12.1. The summed E-state index contributed by atoms with van der Waals surface area (Å²) in [7, 11) is 2.17. The monoisotopic (exact) mass is 362 g/mol. The Labute approximate surface area is 159 Å². The highest BCUT2D eigenvalue weighted by molar-refractivity contribution is 6.14. The van der Waals surface area contributed by atoms with Crippen LogP contribution < -0.4 is 15.2 Å². The molecule has 138 valence electrons. The number of benzene rings is 1. The number of aromatic nitrogens is 3. The number of aryl methyl sites for hydroxylation is 2. The van der Waals surface area contributed by atoms with E-state index in [1.165, 1.54) is 22.3 Å². The highest BCUT2D eigenvalue weighted by atomic mass is 16.5. The Bertz CT molecular complexity index is 1020. The third kappa shape index (κ3) is 3.54. The van der Waals surface area contributed by atoms with Crippen LogP contribution in [0.15, 0.2) is 47.4 Å². The first kappa shape index (κ1) is 17.6. The van der Waals surface area contributed by atoms with Gasteiger partial charge in [-0.3, -0.25) is 4.79 Å². The van der Waals surface area contributed by atoms with E-state index in [0.29, 0.717) is 5.65 Å². The van der Waals surface area contributed by atoms with E-state index in [0.717, 1.165) is 43.1 Å². The van der Waals surface area contributed by atoms with Crippen molar-refractivity contribution >= 4 is 19.3 Å². The van der Waals surface area contributed by atoms with Crippen molar-refractivity contribution in [2.45, 2.75) is 32.2 Å². The van der Waals surface area contributed by atoms with Crippen molar-refractivity contribution in [3.63, 3.8) is 0 Å². The molecule has 27 heavy (non-hydrogen) atoms. The average molecular weight is 362 g/mol. The topological polar surface area (TPSA) is 59.7 Å². The van der Waals surface area contributed by atoms with Gasteiger partial charge in [-0.15, -0.1) is 5.10 Å². The van der Waals surface area contributed by atoms with Crippen LogP contribution in [0.4, 0.5) is 5.82 Å². The molecule has 2 aromatic heterocycles. The van der Waals surface area contributed by atoms with Gasteiger partial charge in [0.1, 0.15) is 5.75 Å². The first-order valence-electron chi connectivity index (χ1n) is 9.30. The molecule has 0 aliphatic carbocycles. The summed E-state index contributed by atoms with van der Waals surface area (Å²) in [5, 5.41) is 4.57. The van der Waals surface area contributed by atoms with Gasteiger partial charge in [-0.25, -0.2) is 4.98 Å². The third-order valence-corrected chi connectivity index (χ3v) is 5.25. The molecule has 1 aromatic carbocycles. The fraction of sp³-hybridized carbons (Fsp3) is 0.350. The number of rotatable bonds is 3. The summed E-state index contributed by atoms with van der Waals surface area (Å²) in [5.74, 6) is 1.75. The molecule has 0 bridgehead atoms. The SMILES string of the molecule is BC1(Oc2ccc(C)cc2)CCN(c2nn3c(=O)ccnc3cc2C)CC1. The van der Waals surface area contributed by atoms with Crippen molar-refractivity contribution in [3.8, 4) is 5.75 Å². The van der Waals surface area contributed by atoms with Gasteiger partial charge in [-0.05, 0) is 50.5 Å². The van der Waals surface area contributed by atoms with Crippen molar-refractivity contribution in [3.05, 3.63) is 64.1 Å². The number of fused-ring (bicyclic) bond motifs is 1. The van der Waals surface area contributed by atoms with Crippen LogP contribution in [-0.2, 0) is 0 Å². The third-order valence-electron chi connectivity index (χ3n) is 5.25. The summed E-state index contributed by atoms with van der Waals surface area (Å²) in [6.07, 6.45) is 3.30. The lowest BCUT2D eigenvalue weighted by molar-refractivity contribution is 0.126. The molecule has 0 atom stereocenters. The zero-order valence-corrected chi connectivity index (χ0v) is 16.0. The molecule has 1 saturated heterocycles. The molecule has 0 radical (unpaired) electrons. The van der Waals surface area contributed by atoms with Gasteiger partial charge in [0.25, 0.3) is 5.56 Å². The Balaban J connectivity index is 1.52. The van der Waals surface area contributed by atoms with Gasteiger partial charge in [-0.2, -0.15) is 4.52 Å². The zero-order valence-electron chi connectivity index (χ0n) is 16.0. The molecule has 4 rings (SSSR count). The second-order valence-corrected chi connectivity index (χ2v) is 7.56. The number of nitrogens with zero attached hydrogens (tertiary/aromatic N) is 4. The van der Waals surface area contributed by atoms with Crippen LogP contribution >= 0.6 is 0 Å². The minimum absolute atomic E-state index is 0.161. The quantitative estimate of drug-likeness (QED) is 0.664. The predicted molar refractivity (Wildman–Crippen MR) is 109 cm³/mol. The van der Waals surface area contributed by atoms with Crippen molar-refractivity contribution in [1.82, 2.24) is 14.6 Å². The molecular formula is C20H23BN4O2. The smallest absolute Gasteiger partial charge is 0.274 e. The van der Waals surface area contributed by atoms with Crippen molar-refractivity contribution in [1.29, 1.82) is 0 Å². The molecule has 0 spiro atoms. The lowest BCUT2D eigenvalue weighted by Gasteiger charge is -2.40. The Morgan fingerprint density at radius 3 is 2.52 bits per heavy atom. The first-order valence-corrected chi connectivity index (χ1v) is 9.30. The predicted octanol–water partition coefficient (Wildman–Crippen LogP) is 1.71. The highest BCUT2D eigenvalue weighted by Crippen LogP contribution is 2.29. The Hall–Kier alpha value is -2.83. The second-order valence-electron chi connectivity index (χ2n) is 7.56. The number of piperidine rings is 1. The summed E-state index contributed by atoms with van der Waals surface area (Å²) in [4.78, 5) is 18.5. The average Bonchev–Trinajstić information content (AvgIpc) is 2.64. The molecule has 0 unspecified atom stereocenters. The molecular weight excluding hydrogens is 339 g/mol. The lowest BCUT2D eigenvalue weighted by atomic mass is 9.73. The van der Waals surface area contributed by atoms with Crippen LogP contribution in [0.25, 0.3) is 5.65 Å². The number of hydrogen-bond donors (Lipinski definition) is 0. The molecule has 7 heteroatoms. The number of ether oxygens (including phenoxy) is 1. The van der Waals surface area contributed by atoms with Gasteiger partial charge in [0.2, 0.25) is 0 Å². The minimum Gasteiger partial charge on any atom is -0.497 e. The summed E-state index contributed by atoms with van der Waals surface area (Å²) >= 11 is 0. The second kappa shape index (κ2) is 6.72. The Kier molecular flexibility index (Phi) is 4.38. The van der Waals surface area contributed by atoms with E-state index >= 15 is 0 Å². The van der Waals surface area contributed by atoms with Gasteiger partial charge in [0.15, 0.2) is 19.3 Å². The van der Waals surface area contributed by atoms with E-state index in [9.17, 15) is 4.79 Å². The zero-order chi connectivity index (χ0) is 19.0. The van der Waals surface area contributed by atoms with Gasteiger partial charge >= 0.3 is 0 Å². The van der Waals surface area contributed by atoms with Crippen molar-refractivity contribution in [2.24, 2.45) is 0 Å². The normalized spacial score (nSPS) is 16.4. The molecule has 6 nitrogen and oxygen atoms in total. The maximum Gasteiger partial charge on any atom is 0.274 e. The fourth-order valence-corrected chi connectivity index (χ4v) is 3.54. The molecule has 1 aliphatic rings. The van der Waals surface area contributed by atoms with Crippen LogP contribution in [0.3, 0.4) is 0 Å². The van der Waals surface area contributed by atoms with E-state index < -0.39 is 0 Å². The van der Waals surface area contributed by atoms with Crippen LogP contribution in [-0.4, -0.2) is 41.0 Å². The number of hydrogen-bond acceptors (Lipinski definition) is 5. The molecule has 1 aliphatic heterocycles. The van der Waals surface area contributed by atoms with Crippen LogP contribution in [0, 0.1) is 13.8 Å².